The van der Waals surface area contributed by atoms with Crippen LogP contribution in [0, 0.1) is 6.92 Å². The summed E-state index contributed by atoms with van der Waals surface area (Å²) in [6.45, 7) is 1.75. The fourth-order valence-corrected chi connectivity index (χ4v) is 3.52. The molecule has 0 aliphatic carbocycles. The number of nitrogens with zero attached hydrogens (tertiary/aromatic N) is 4. The molecule has 0 saturated carbocycles. The molecule has 0 bridgehead atoms. The zero-order valence-electron chi connectivity index (χ0n) is 15.1. The van der Waals surface area contributed by atoms with Crippen molar-refractivity contribution in [3.05, 3.63) is 84.3 Å². The first-order valence-electron chi connectivity index (χ1n) is 8.61. The molecule has 0 fully saturated rings. The molecule has 4 aromatic rings. The topological polar surface area (TPSA) is 85.8 Å². The van der Waals surface area contributed by atoms with Crippen LogP contribution in [-0.2, 0) is 5.75 Å². The van der Waals surface area contributed by atoms with Crippen LogP contribution in [0.3, 0.4) is 0 Å². The number of nitrogens with one attached hydrogen (secondary N) is 1. The van der Waals surface area contributed by atoms with Crippen molar-refractivity contribution in [3.63, 3.8) is 0 Å². The number of aromatic nitrogens is 4. The lowest BCUT2D eigenvalue weighted by atomic mass is 10.2. The van der Waals surface area contributed by atoms with Crippen molar-refractivity contribution >= 4 is 23.4 Å². The van der Waals surface area contributed by atoms with Gasteiger partial charge in [0.1, 0.15) is 0 Å². The molecule has 0 aliphatic rings. The van der Waals surface area contributed by atoms with Gasteiger partial charge in [0, 0.05) is 11.8 Å². The maximum Gasteiger partial charge on any atom is 0.256 e. The molecule has 0 saturated heterocycles. The van der Waals surface area contributed by atoms with Crippen molar-refractivity contribution in [1.82, 2.24) is 19.9 Å². The minimum Gasteiger partial charge on any atom is -0.340 e. The summed E-state index contributed by atoms with van der Waals surface area (Å²) in [5, 5.41) is 11.1. The van der Waals surface area contributed by atoms with Crippen LogP contribution in [0.25, 0.3) is 5.69 Å². The first kappa shape index (κ1) is 18.0. The Kier molecular flexibility index (Phi) is 5.20. The number of carbonyl (C=O) groups is 1. The average molecular weight is 391 g/mol. The van der Waals surface area contributed by atoms with Gasteiger partial charge in [0.05, 0.1) is 35.1 Å². The Morgan fingerprint density at radius 2 is 1.93 bits per heavy atom. The summed E-state index contributed by atoms with van der Waals surface area (Å²) in [7, 11) is 0. The fraction of sp³-hybridized carbons (Fsp3) is 0.100. The molecular weight excluding hydrogens is 374 g/mol. The van der Waals surface area contributed by atoms with Gasteiger partial charge in [0.2, 0.25) is 5.89 Å². The molecule has 0 unspecified atom stereocenters. The van der Waals surface area contributed by atoms with Gasteiger partial charge in [-0.3, -0.25) is 4.79 Å². The number of amides is 1. The van der Waals surface area contributed by atoms with E-state index in [1.165, 1.54) is 11.8 Å². The molecule has 2 heterocycles. The third-order valence-electron chi connectivity index (χ3n) is 3.92. The number of hydrogen-bond acceptors (Lipinski definition) is 6. The molecule has 7 nitrogen and oxygen atoms in total. The van der Waals surface area contributed by atoms with Crippen molar-refractivity contribution in [2.24, 2.45) is 0 Å². The van der Waals surface area contributed by atoms with E-state index in [0.29, 0.717) is 28.7 Å². The predicted octanol–water partition coefficient (Wildman–Crippen LogP) is 4.11. The molecule has 1 N–H and O–H groups in total. The highest BCUT2D eigenvalue weighted by Crippen LogP contribution is 2.26. The number of rotatable bonds is 6. The van der Waals surface area contributed by atoms with Crippen LogP contribution < -0.4 is 5.32 Å². The van der Waals surface area contributed by atoms with E-state index in [1.807, 2.05) is 48.5 Å². The number of anilines is 1. The number of thioether (sulfide) groups is 1. The molecule has 2 aromatic heterocycles. The van der Waals surface area contributed by atoms with Crippen molar-refractivity contribution in [2.45, 2.75) is 17.6 Å². The van der Waals surface area contributed by atoms with Crippen LogP contribution in [0.2, 0.25) is 0 Å². The molecule has 140 valence electrons. The van der Waals surface area contributed by atoms with Gasteiger partial charge < -0.3 is 9.84 Å². The number of aryl methyl sites for hydroxylation is 1. The maximum atomic E-state index is 12.8. The second-order valence-electron chi connectivity index (χ2n) is 5.98. The summed E-state index contributed by atoms with van der Waals surface area (Å²) < 4.78 is 6.70. The van der Waals surface area contributed by atoms with E-state index >= 15 is 0 Å². The highest BCUT2D eigenvalue weighted by atomic mass is 32.2. The lowest BCUT2D eigenvalue weighted by Gasteiger charge is -2.08. The van der Waals surface area contributed by atoms with Crippen molar-refractivity contribution < 1.29 is 9.32 Å². The first-order chi connectivity index (χ1) is 13.7. The van der Waals surface area contributed by atoms with Crippen LogP contribution in [0.1, 0.15) is 22.1 Å². The van der Waals surface area contributed by atoms with E-state index in [1.54, 1.807) is 30.1 Å². The number of para-hydroxylation sites is 1. The summed E-state index contributed by atoms with van der Waals surface area (Å²) >= 11 is 1.49. The van der Waals surface area contributed by atoms with E-state index in [4.69, 9.17) is 4.52 Å². The number of hydrogen-bond donors (Lipinski definition) is 1. The van der Waals surface area contributed by atoms with E-state index in [2.05, 4.69) is 20.6 Å². The Bertz CT molecular complexity index is 1090. The average Bonchev–Trinajstić information content (AvgIpc) is 3.36. The third-order valence-corrected chi connectivity index (χ3v) is 4.99. The maximum absolute atomic E-state index is 12.8. The van der Waals surface area contributed by atoms with Gasteiger partial charge in [-0.05, 0) is 24.3 Å². The van der Waals surface area contributed by atoms with Gasteiger partial charge in [0.25, 0.3) is 5.91 Å². The van der Waals surface area contributed by atoms with Gasteiger partial charge in [-0.2, -0.15) is 10.1 Å². The predicted molar refractivity (Wildman–Crippen MR) is 107 cm³/mol. The minimum absolute atomic E-state index is 0.194. The summed E-state index contributed by atoms with van der Waals surface area (Å²) in [5.74, 6) is 1.45. The van der Waals surface area contributed by atoms with Gasteiger partial charge >= 0.3 is 0 Å². The van der Waals surface area contributed by atoms with Gasteiger partial charge in [-0.25, -0.2) is 4.68 Å². The molecule has 1 amide bonds. The molecule has 4 rings (SSSR count). The number of benzene rings is 2. The first-order valence-corrected chi connectivity index (χ1v) is 9.60. The van der Waals surface area contributed by atoms with Crippen LogP contribution in [0.15, 0.2) is 76.4 Å². The summed E-state index contributed by atoms with van der Waals surface area (Å²) in [6.07, 6.45) is 3.41. The molecule has 0 radical (unpaired) electrons. The SMILES string of the molecule is Cc1nc(CSc2ccccc2C(=O)Nc2cnn(-c3ccccc3)c2)no1. The van der Waals surface area contributed by atoms with Crippen molar-refractivity contribution in [2.75, 3.05) is 5.32 Å². The fourth-order valence-electron chi connectivity index (χ4n) is 2.63. The Hall–Kier alpha value is -3.39. The highest BCUT2D eigenvalue weighted by molar-refractivity contribution is 7.98. The van der Waals surface area contributed by atoms with Gasteiger partial charge in [0.15, 0.2) is 5.82 Å². The molecule has 2 aromatic carbocycles. The van der Waals surface area contributed by atoms with Crippen LogP contribution in [-0.4, -0.2) is 25.8 Å². The van der Waals surface area contributed by atoms with Gasteiger partial charge in [-0.1, -0.05) is 35.5 Å². The van der Waals surface area contributed by atoms with E-state index in [0.717, 1.165) is 10.6 Å². The quantitative estimate of drug-likeness (QED) is 0.498. The van der Waals surface area contributed by atoms with Crippen molar-refractivity contribution in [3.8, 4) is 5.69 Å². The Labute approximate surface area is 165 Å². The largest absolute Gasteiger partial charge is 0.340 e. The molecule has 0 atom stereocenters. The monoisotopic (exact) mass is 391 g/mol. The molecule has 0 spiro atoms. The van der Waals surface area contributed by atoms with Crippen LogP contribution >= 0.6 is 11.8 Å². The summed E-state index contributed by atoms with van der Waals surface area (Å²) in [6, 6.07) is 17.1. The van der Waals surface area contributed by atoms with E-state index in [9.17, 15) is 4.79 Å². The summed E-state index contributed by atoms with van der Waals surface area (Å²) in [5.41, 5.74) is 2.14. The van der Waals surface area contributed by atoms with E-state index in [-0.39, 0.29) is 5.91 Å². The number of carbonyl (C=O) groups excluding carboxylic acids is 1. The van der Waals surface area contributed by atoms with Gasteiger partial charge in [-0.15, -0.1) is 11.8 Å². The molecule has 0 aliphatic heterocycles. The lowest BCUT2D eigenvalue weighted by molar-refractivity contribution is 0.102. The van der Waals surface area contributed by atoms with Crippen LogP contribution in [0.5, 0.6) is 0 Å². The second-order valence-corrected chi connectivity index (χ2v) is 6.99. The molecular formula is C20H17N5O2S. The molecule has 8 heteroatoms. The lowest BCUT2D eigenvalue weighted by Crippen LogP contribution is -2.12. The standard InChI is InChI=1S/C20H17N5O2S/c1-14-22-19(24-27-14)13-28-18-10-6-5-9-17(18)20(26)23-15-11-21-25(12-15)16-7-3-2-4-8-16/h2-12H,13H2,1H3,(H,23,26). The van der Waals surface area contributed by atoms with Crippen LogP contribution in [0.4, 0.5) is 5.69 Å². The van der Waals surface area contributed by atoms with Crippen molar-refractivity contribution in [1.29, 1.82) is 0 Å². The highest BCUT2D eigenvalue weighted by Gasteiger charge is 2.14. The smallest absolute Gasteiger partial charge is 0.256 e. The Balaban J connectivity index is 1.47. The van der Waals surface area contributed by atoms with E-state index < -0.39 is 0 Å². The Morgan fingerprint density at radius 1 is 1.14 bits per heavy atom. The molecule has 28 heavy (non-hydrogen) atoms. The second kappa shape index (κ2) is 8.10. The summed E-state index contributed by atoms with van der Waals surface area (Å²) in [4.78, 5) is 17.8. The third kappa shape index (κ3) is 4.12. The minimum atomic E-state index is -0.194. The Morgan fingerprint density at radius 3 is 2.71 bits per heavy atom. The normalized spacial score (nSPS) is 10.8. The zero-order chi connectivity index (χ0) is 19.3. The zero-order valence-corrected chi connectivity index (χ0v) is 15.9.